The Morgan fingerprint density at radius 2 is 1.58 bits per heavy atom. The van der Waals surface area contributed by atoms with Crippen LogP contribution in [0.5, 0.6) is 5.75 Å². The van der Waals surface area contributed by atoms with Crippen molar-refractivity contribution in [3.63, 3.8) is 0 Å². The van der Waals surface area contributed by atoms with E-state index in [4.69, 9.17) is 9.47 Å². The zero-order valence-corrected chi connectivity index (χ0v) is 15.0. The molecule has 2 aromatic rings. The quantitative estimate of drug-likeness (QED) is 0.322. The van der Waals surface area contributed by atoms with E-state index in [2.05, 4.69) is 22.6 Å². The Morgan fingerprint density at radius 3 is 2.23 bits per heavy atom. The number of unbranched alkanes of at least 4 members (excludes halogenated alkanes) is 5. The van der Waals surface area contributed by atoms with Crippen LogP contribution in [-0.4, -0.2) is 29.2 Å². The zero-order chi connectivity index (χ0) is 18.5. The lowest BCUT2D eigenvalue weighted by Gasteiger charge is -2.07. The van der Waals surface area contributed by atoms with E-state index < -0.39 is 0 Å². The topological polar surface area (TPSA) is 61.3 Å². The third-order valence-electron chi connectivity index (χ3n) is 3.85. The largest absolute Gasteiger partial charge is 0.494 e. The average molecular weight is 353 g/mol. The number of aromatic nitrogens is 2. The van der Waals surface area contributed by atoms with Crippen molar-refractivity contribution in [1.29, 1.82) is 0 Å². The summed E-state index contributed by atoms with van der Waals surface area (Å²) in [7, 11) is 0. The number of hydrogen-bond acceptors (Lipinski definition) is 5. The molecule has 1 heterocycles. The first-order valence-electron chi connectivity index (χ1n) is 9.00. The van der Waals surface area contributed by atoms with Crippen LogP contribution in [0.25, 0.3) is 11.4 Å². The van der Waals surface area contributed by atoms with E-state index in [1.807, 2.05) is 24.3 Å². The molecule has 0 fully saturated rings. The summed E-state index contributed by atoms with van der Waals surface area (Å²) in [5, 5.41) is 0. The molecule has 26 heavy (non-hydrogen) atoms. The summed E-state index contributed by atoms with van der Waals surface area (Å²) in [4.78, 5) is 19.2. The predicted octanol–water partition coefficient (Wildman–Crippen LogP) is 4.39. The highest BCUT2D eigenvalue weighted by Gasteiger charge is 2.01. The first kappa shape index (κ1) is 19.6. The predicted molar refractivity (Wildman–Crippen MR) is 101 cm³/mol. The molecule has 0 atom stereocenters. The van der Waals surface area contributed by atoms with Crippen molar-refractivity contribution in [3.05, 3.63) is 55.4 Å². The van der Waals surface area contributed by atoms with E-state index in [-0.39, 0.29) is 5.97 Å². The Bertz CT molecular complexity index is 657. The van der Waals surface area contributed by atoms with Gasteiger partial charge in [0.25, 0.3) is 0 Å². The van der Waals surface area contributed by atoms with E-state index in [9.17, 15) is 4.79 Å². The second kappa shape index (κ2) is 11.8. The zero-order valence-electron chi connectivity index (χ0n) is 15.0. The number of benzene rings is 1. The fourth-order valence-electron chi connectivity index (χ4n) is 2.45. The van der Waals surface area contributed by atoms with Crippen molar-refractivity contribution in [3.8, 4) is 17.1 Å². The van der Waals surface area contributed by atoms with E-state index in [0.29, 0.717) is 19.0 Å². The standard InChI is InChI=1S/C21H25N2O3/c1-2-20(24)26-17-8-6-4-3-5-7-16-25-19-12-10-18(11-13-19)21-22-14-9-15-23-21/h2,10-15H,1,3-8,16-17H2. The van der Waals surface area contributed by atoms with Crippen molar-refractivity contribution in [2.45, 2.75) is 38.5 Å². The van der Waals surface area contributed by atoms with Gasteiger partial charge in [-0.2, -0.15) is 0 Å². The second-order valence-electron chi connectivity index (χ2n) is 5.87. The minimum atomic E-state index is -0.343. The summed E-state index contributed by atoms with van der Waals surface area (Å²) >= 11 is 0. The van der Waals surface area contributed by atoms with Crippen LogP contribution in [0.15, 0.2) is 49.3 Å². The number of nitrogens with zero attached hydrogens (tertiary/aromatic N) is 2. The highest BCUT2D eigenvalue weighted by molar-refractivity contribution is 5.81. The highest BCUT2D eigenvalue weighted by Crippen LogP contribution is 2.19. The number of rotatable bonds is 12. The SMILES string of the molecule is C=CC(=O)OCCCCCCCCOc1ccc(-c2nc[c]cn2)cc1. The summed E-state index contributed by atoms with van der Waals surface area (Å²) in [6, 6.07) is 10.6. The molecule has 0 unspecified atom stereocenters. The Morgan fingerprint density at radius 1 is 0.962 bits per heavy atom. The maximum Gasteiger partial charge on any atom is 0.330 e. The Kier molecular flexibility index (Phi) is 8.90. The second-order valence-corrected chi connectivity index (χ2v) is 5.87. The summed E-state index contributed by atoms with van der Waals surface area (Å²) in [6.07, 6.45) is 10.9. The summed E-state index contributed by atoms with van der Waals surface area (Å²) in [6.45, 7) is 4.56. The molecule has 1 aromatic carbocycles. The van der Waals surface area contributed by atoms with Gasteiger partial charge in [0.2, 0.25) is 0 Å². The smallest absolute Gasteiger partial charge is 0.330 e. The molecule has 0 aliphatic rings. The number of hydrogen-bond donors (Lipinski definition) is 0. The van der Waals surface area contributed by atoms with Gasteiger partial charge in [-0.1, -0.05) is 32.3 Å². The number of esters is 1. The molecule has 0 N–H and O–H groups in total. The minimum Gasteiger partial charge on any atom is -0.494 e. The third kappa shape index (κ3) is 7.47. The molecule has 0 aliphatic carbocycles. The number of carbonyl (C=O) groups is 1. The molecule has 1 radical (unpaired) electrons. The lowest BCUT2D eigenvalue weighted by Crippen LogP contribution is -2.01. The van der Waals surface area contributed by atoms with Gasteiger partial charge in [-0.25, -0.2) is 14.8 Å². The van der Waals surface area contributed by atoms with Crippen LogP contribution in [-0.2, 0) is 9.53 Å². The number of carbonyl (C=O) groups excluding carboxylic acids is 1. The summed E-state index contributed by atoms with van der Waals surface area (Å²) in [5.41, 5.74) is 0.963. The molecular formula is C21H25N2O3. The monoisotopic (exact) mass is 353 g/mol. The van der Waals surface area contributed by atoms with Gasteiger partial charge in [0.15, 0.2) is 5.82 Å². The lowest BCUT2D eigenvalue weighted by atomic mass is 10.1. The molecule has 5 heteroatoms. The molecule has 5 nitrogen and oxygen atoms in total. The van der Waals surface area contributed by atoms with Crippen molar-refractivity contribution in [2.24, 2.45) is 0 Å². The van der Waals surface area contributed by atoms with E-state index in [1.165, 1.54) is 12.5 Å². The molecule has 0 saturated heterocycles. The molecule has 0 saturated carbocycles. The normalized spacial score (nSPS) is 10.3. The van der Waals surface area contributed by atoms with E-state index >= 15 is 0 Å². The maximum absolute atomic E-state index is 10.9. The fraction of sp³-hybridized carbons (Fsp3) is 0.381. The van der Waals surface area contributed by atoms with Gasteiger partial charge in [0, 0.05) is 30.1 Å². The summed E-state index contributed by atoms with van der Waals surface area (Å²) in [5.74, 6) is 1.21. The molecule has 137 valence electrons. The molecule has 0 amide bonds. The van der Waals surface area contributed by atoms with Crippen molar-refractivity contribution in [1.82, 2.24) is 9.97 Å². The Labute approximate surface area is 155 Å². The van der Waals surface area contributed by atoms with Gasteiger partial charge in [-0.05, 0) is 37.1 Å². The van der Waals surface area contributed by atoms with Crippen LogP contribution in [0.2, 0.25) is 0 Å². The molecule has 0 spiro atoms. The van der Waals surface area contributed by atoms with Crippen LogP contribution in [0.4, 0.5) is 0 Å². The lowest BCUT2D eigenvalue weighted by molar-refractivity contribution is -0.137. The van der Waals surface area contributed by atoms with Gasteiger partial charge in [-0.15, -0.1) is 0 Å². The van der Waals surface area contributed by atoms with Crippen LogP contribution in [0, 0.1) is 6.07 Å². The van der Waals surface area contributed by atoms with Crippen LogP contribution in [0.3, 0.4) is 0 Å². The van der Waals surface area contributed by atoms with Crippen LogP contribution >= 0.6 is 0 Å². The molecule has 0 aliphatic heterocycles. The van der Waals surface area contributed by atoms with E-state index in [0.717, 1.165) is 43.4 Å². The minimum absolute atomic E-state index is 0.343. The van der Waals surface area contributed by atoms with Crippen molar-refractivity contribution >= 4 is 5.97 Å². The Hall–Kier alpha value is -2.69. The van der Waals surface area contributed by atoms with Crippen molar-refractivity contribution < 1.29 is 14.3 Å². The van der Waals surface area contributed by atoms with Gasteiger partial charge in [0.1, 0.15) is 5.75 Å². The average Bonchev–Trinajstić information content (AvgIpc) is 2.70. The van der Waals surface area contributed by atoms with Gasteiger partial charge in [-0.3, -0.25) is 0 Å². The highest BCUT2D eigenvalue weighted by atomic mass is 16.5. The van der Waals surface area contributed by atoms with Crippen LogP contribution in [0.1, 0.15) is 38.5 Å². The maximum atomic E-state index is 10.9. The molecule has 1 aromatic heterocycles. The molecular weight excluding hydrogens is 328 g/mol. The van der Waals surface area contributed by atoms with E-state index in [1.54, 1.807) is 12.4 Å². The third-order valence-corrected chi connectivity index (χ3v) is 3.85. The number of ether oxygens (including phenoxy) is 2. The van der Waals surface area contributed by atoms with Gasteiger partial charge < -0.3 is 9.47 Å². The Balaban J connectivity index is 1.51. The molecule has 0 bridgehead atoms. The molecule has 2 rings (SSSR count). The first-order valence-corrected chi connectivity index (χ1v) is 9.00. The fourth-order valence-corrected chi connectivity index (χ4v) is 2.45. The van der Waals surface area contributed by atoms with Crippen molar-refractivity contribution in [2.75, 3.05) is 13.2 Å². The van der Waals surface area contributed by atoms with Gasteiger partial charge >= 0.3 is 5.97 Å². The first-order chi connectivity index (χ1) is 12.8. The summed E-state index contributed by atoms with van der Waals surface area (Å²) < 4.78 is 10.7. The van der Waals surface area contributed by atoms with Crippen LogP contribution < -0.4 is 4.74 Å². The van der Waals surface area contributed by atoms with Gasteiger partial charge in [0.05, 0.1) is 13.2 Å².